The molecule has 1 fully saturated rings. The van der Waals surface area contributed by atoms with E-state index in [9.17, 15) is 9.18 Å². The SMILES string of the molecule is N/C(=N/O)C(NC(=O)c1cncc(F)c1)C1CCCCC1. The minimum Gasteiger partial charge on any atom is -0.409 e. The second kappa shape index (κ2) is 7.01. The number of pyridine rings is 1. The van der Waals surface area contributed by atoms with Crippen molar-refractivity contribution in [2.75, 3.05) is 0 Å². The molecule has 1 aromatic rings. The van der Waals surface area contributed by atoms with Crippen molar-refractivity contribution in [3.63, 3.8) is 0 Å². The Balaban J connectivity index is 2.12. The van der Waals surface area contributed by atoms with Crippen molar-refractivity contribution in [3.05, 3.63) is 29.8 Å². The van der Waals surface area contributed by atoms with Crippen LogP contribution in [0.2, 0.25) is 0 Å². The Morgan fingerprint density at radius 2 is 2.14 bits per heavy atom. The molecule has 7 heteroatoms. The Morgan fingerprint density at radius 1 is 1.43 bits per heavy atom. The lowest BCUT2D eigenvalue weighted by Crippen LogP contribution is -2.49. The molecule has 0 saturated heterocycles. The van der Waals surface area contributed by atoms with Crippen molar-refractivity contribution in [2.45, 2.75) is 38.1 Å². The summed E-state index contributed by atoms with van der Waals surface area (Å²) in [5.74, 6) is -0.968. The molecule has 0 spiro atoms. The number of nitrogens with one attached hydrogen (secondary N) is 1. The summed E-state index contributed by atoms with van der Waals surface area (Å²) in [7, 11) is 0. The van der Waals surface area contributed by atoms with Crippen LogP contribution >= 0.6 is 0 Å². The normalized spacial score (nSPS) is 18.2. The van der Waals surface area contributed by atoms with Crippen molar-refractivity contribution < 1.29 is 14.4 Å². The number of oxime groups is 1. The molecule has 6 nitrogen and oxygen atoms in total. The Bertz CT molecular complexity index is 529. The van der Waals surface area contributed by atoms with Crippen molar-refractivity contribution >= 4 is 11.7 Å². The maximum atomic E-state index is 13.1. The lowest BCUT2D eigenvalue weighted by Gasteiger charge is -2.29. The number of rotatable bonds is 4. The van der Waals surface area contributed by atoms with E-state index in [1.54, 1.807) is 0 Å². The summed E-state index contributed by atoms with van der Waals surface area (Å²) >= 11 is 0. The Kier molecular flexibility index (Phi) is 5.08. The third kappa shape index (κ3) is 3.90. The average Bonchev–Trinajstić information content (AvgIpc) is 2.52. The van der Waals surface area contributed by atoms with Gasteiger partial charge in [-0.2, -0.15) is 0 Å². The van der Waals surface area contributed by atoms with E-state index in [4.69, 9.17) is 10.9 Å². The van der Waals surface area contributed by atoms with Gasteiger partial charge in [-0.3, -0.25) is 9.78 Å². The number of nitrogens with zero attached hydrogens (tertiary/aromatic N) is 2. The predicted octanol–water partition coefficient (Wildman–Crippen LogP) is 1.65. The van der Waals surface area contributed by atoms with Gasteiger partial charge in [-0.05, 0) is 24.8 Å². The molecular formula is C14H19FN4O2. The molecule has 1 aromatic heterocycles. The fraction of sp³-hybridized carbons (Fsp3) is 0.500. The Morgan fingerprint density at radius 3 is 2.76 bits per heavy atom. The quantitative estimate of drug-likeness (QED) is 0.340. The molecule has 21 heavy (non-hydrogen) atoms. The van der Waals surface area contributed by atoms with Crippen LogP contribution in [0.4, 0.5) is 4.39 Å². The Hall–Kier alpha value is -2.18. The summed E-state index contributed by atoms with van der Waals surface area (Å²) < 4.78 is 13.1. The molecule has 1 saturated carbocycles. The van der Waals surface area contributed by atoms with E-state index >= 15 is 0 Å². The van der Waals surface area contributed by atoms with Crippen LogP contribution < -0.4 is 11.1 Å². The van der Waals surface area contributed by atoms with Gasteiger partial charge in [0, 0.05) is 6.20 Å². The number of carbonyl (C=O) groups is 1. The number of amidine groups is 1. The molecule has 0 bridgehead atoms. The molecule has 114 valence electrons. The van der Waals surface area contributed by atoms with Gasteiger partial charge >= 0.3 is 0 Å². The lowest BCUT2D eigenvalue weighted by molar-refractivity contribution is 0.0929. The molecule has 4 N–H and O–H groups in total. The van der Waals surface area contributed by atoms with Crippen molar-refractivity contribution in [1.29, 1.82) is 0 Å². The molecule has 2 rings (SSSR count). The number of aromatic nitrogens is 1. The van der Waals surface area contributed by atoms with Crippen LogP contribution in [-0.2, 0) is 0 Å². The zero-order valence-corrected chi connectivity index (χ0v) is 11.6. The topological polar surface area (TPSA) is 101 Å². The second-order valence-electron chi connectivity index (χ2n) is 5.27. The summed E-state index contributed by atoms with van der Waals surface area (Å²) in [6.07, 6.45) is 7.38. The average molecular weight is 294 g/mol. The molecule has 1 aliphatic rings. The van der Waals surface area contributed by atoms with Crippen molar-refractivity contribution in [3.8, 4) is 0 Å². The summed E-state index contributed by atoms with van der Waals surface area (Å²) in [6.45, 7) is 0. The van der Waals surface area contributed by atoms with E-state index in [-0.39, 0.29) is 17.3 Å². The summed E-state index contributed by atoms with van der Waals surface area (Å²) in [5, 5.41) is 14.6. The maximum absolute atomic E-state index is 13.1. The van der Waals surface area contributed by atoms with Gasteiger partial charge in [0.1, 0.15) is 5.82 Å². The monoisotopic (exact) mass is 294 g/mol. The zero-order chi connectivity index (χ0) is 15.2. The van der Waals surface area contributed by atoms with Crippen LogP contribution in [0, 0.1) is 11.7 Å². The Labute approximate surface area is 122 Å². The highest BCUT2D eigenvalue weighted by Gasteiger charge is 2.28. The predicted molar refractivity (Wildman–Crippen MR) is 75.4 cm³/mol. The van der Waals surface area contributed by atoms with Gasteiger partial charge in [-0.15, -0.1) is 0 Å². The molecule has 1 unspecified atom stereocenters. The van der Waals surface area contributed by atoms with Gasteiger partial charge in [0.2, 0.25) is 0 Å². The smallest absolute Gasteiger partial charge is 0.253 e. The van der Waals surface area contributed by atoms with Crippen LogP contribution in [-0.4, -0.2) is 28.0 Å². The lowest BCUT2D eigenvalue weighted by atomic mass is 9.83. The number of hydrogen-bond donors (Lipinski definition) is 3. The number of hydrogen-bond acceptors (Lipinski definition) is 4. The van der Waals surface area contributed by atoms with E-state index in [1.165, 1.54) is 6.20 Å². The highest BCUT2D eigenvalue weighted by Crippen LogP contribution is 2.26. The first kappa shape index (κ1) is 15.2. The van der Waals surface area contributed by atoms with Crippen LogP contribution in [0.5, 0.6) is 0 Å². The second-order valence-corrected chi connectivity index (χ2v) is 5.27. The molecule has 1 amide bonds. The third-order valence-electron chi connectivity index (χ3n) is 3.81. The van der Waals surface area contributed by atoms with E-state index in [0.717, 1.165) is 44.4 Å². The highest BCUT2D eigenvalue weighted by atomic mass is 19.1. The molecular weight excluding hydrogens is 275 g/mol. The minimum absolute atomic E-state index is 0.0281. The fourth-order valence-corrected chi connectivity index (χ4v) is 2.72. The van der Waals surface area contributed by atoms with Gasteiger partial charge in [0.25, 0.3) is 5.91 Å². The maximum Gasteiger partial charge on any atom is 0.253 e. The molecule has 1 heterocycles. The molecule has 1 atom stereocenters. The minimum atomic E-state index is -0.583. The van der Waals surface area contributed by atoms with Crippen LogP contribution in [0.3, 0.4) is 0 Å². The van der Waals surface area contributed by atoms with E-state index in [2.05, 4.69) is 15.5 Å². The summed E-state index contributed by atoms with van der Waals surface area (Å²) in [6, 6.07) is 0.554. The first-order valence-corrected chi connectivity index (χ1v) is 7.00. The van der Waals surface area contributed by atoms with Crippen LogP contribution in [0.15, 0.2) is 23.6 Å². The van der Waals surface area contributed by atoms with Crippen molar-refractivity contribution in [1.82, 2.24) is 10.3 Å². The van der Waals surface area contributed by atoms with Gasteiger partial charge in [0.15, 0.2) is 5.84 Å². The van der Waals surface area contributed by atoms with Crippen molar-refractivity contribution in [2.24, 2.45) is 16.8 Å². The highest BCUT2D eigenvalue weighted by molar-refractivity contribution is 5.98. The summed E-state index contributed by atoms with van der Waals surface area (Å²) in [5.41, 5.74) is 5.81. The van der Waals surface area contributed by atoms with E-state index in [0.29, 0.717) is 0 Å². The van der Waals surface area contributed by atoms with Gasteiger partial charge in [0.05, 0.1) is 17.8 Å². The van der Waals surface area contributed by atoms with Gasteiger partial charge in [-0.25, -0.2) is 4.39 Å². The van der Waals surface area contributed by atoms with Crippen LogP contribution in [0.25, 0.3) is 0 Å². The number of carbonyl (C=O) groups excluding carboxylic acids is 1. The summed E-state index contributed by atoms with van der Waals surface area (Å²) in [4.78, 5) is 15.8. The molecule has 0 aliphatic heterocycles. The zero-order valence-electron chi connectivity index (χ0n) is 11.6. The molecule has 0 radical (unpaired) electrons. The standard InChI is InChI=1S/C14H19FN4O2/c15-11-6-10(7-17-8-11)14(20)18-12(13(16)19-21)9-4-2-1-3-5-9/h6-9,12,21H,1-5H2,(H2,16,19)(H,18,20). The first-order valence-electron chi connectivity index (χ1n) is 7.00. The number of amides is 1. The van der Waals surface area contributed by atoms with E-state index < -0.39 is 17.8 Å². The van der Waals surface area contributed by atoms with Gasteiger partial charge < -0.3 is 16.3 Å². The first-order chi connectivity index (χ1) is 10.1. The van der Waals surface area contributed by atoms with E-state index in [1.807, 2.05) is 0 Å². The van der Waals surface area contributed by atoms with Gasteiger partial charge in [-0.1, -0.05) is 24.4 Å². The molecule has 1 aliphatic carbocycles. The molecule has 0 aromatic carbocycles. The largest absolute Gasteiger partial charge is 0.409 e. The third-order valence-corrected chi connectivity index (χ3v) is 3.81. The number of nitrogens with two attached hydrogens (primary N) is 1. The number of halogens is 1. The van der Waals surface area contributed by atoms with Crippen LogP contribution in [0.1, 0.15) is 42.5 Å². The fourth-order valence-electron chi connectivity index (χ4n) is 2.72.